The average Bonchev–Trinajstić information content (AvgIpc) is 2.38. The third kappa shape index (κ3) is 3.48. The predicted octanol–water partition coefficient (Wildman–Crippen LogP) is 5.78. The smallest absolute Gasteiger partial charge is 0.0644 e. The van der Waals surface area contributed by atoms with Gasteiger partial charge >= 0.3 is 0 Å². The summed E-state index contributed by atoms with van der Waals surface area (Å²) in [5, 5.41) is 0. The highest BCUT2D eigenvalue weighted by Gasteiger charge is 2.15. The molecule has 0 bridgehead atoms. The monoisotopic (exact) mass is 316 g/mol. The van der Waals surface area contributed by atoms with Crippen LogP contribution in [0.5, 0.6) is 0 Å². The van der Waals surface area contributed by atoms with Crippen LogP contribution >= 0.6 is 15.9 Å². The standard InChI is InChI=1S/C18H21Br/c1-13-5-7-14(8-6-13)17(19)15-9-11-16(12-10-15)18(2,3)4/h5-12,17H,1-4H3. The van der Waals surface area contributed by atoms with Gasteiger partial charge in [-0.2, -0.15) is 0 Å². The molecule has 0 amide bonds. The summed E-state index contributed by atoms with van der Waals surface area (Å²) < 4.78 is 0. The second-order valence-electron chi connectivity index (χ2n) is 6.15. The predicted molar refractivity (Wildman–Crippen MR) is 87.1 cm³/mol. The number of hydrogen-bond donors (Lipinski definition) is 0. The summed E-state index contributed by atoms with van der Waals surface area (Å²) in [6, 6.07) is 17.6. The van der Waals surface area contributed by atoms with Crippen LogP contribution in [0.15, 0.2) is 48.5 Å². The summed E-state index contributed by atoms with van der Waals surface area (Å²) in [7, 11) is 0. The molecule has 2 rings (SSSR count). The van der Waals surface area contributed by atoms with Crippen LogP contribution in [0.3, 0.4) is 0 Å². The summed E-state index contributed by atoms with van der Waals surface area (Å²) in [5.74, 6) is 0. The van der Waals surface area contributed by atoms with E-state index in [1.165, 1.54) is 22.3 Å². The Morgan fingerprint density at radius 2 is 1.21 bits per heavy atom. The van der Waals surface area contributed by atoms with Gasteiger partial charge < -0.3 is 0 Å². The van der Waals surface area contributed by atoms with E-state index in [1.54, 1.807) is 0 Å². The number of alkyl halides is 1. The van der Waals surface area contributed by atoms with Crippen molar-refractivity contribution in [2.24, 2.45) is 0 Å². The van der Waals surface area contributed by atoms with E-state index in [0.29, 0.717) is 0 Å². The fourth-order valence-corrected chi connectivity index (χ4v) is 2.69. The Morgan fingerprint density at radius 3 is 1.63 bits per heavy atom. The minimum Gasteiger partial charge on any atom is -0.0786 e. The van der Waals surface area contributed by atoms with Crippen molar-refractivity contribution in [2.45, 2.75) is 37.9 Å². The van der Waals surface area contributed by atoms with E-state index in [-0.39, 0.29) is 10.2 Å². The lowest BCUT2D eigenvalue weighted by Crippen LogP contribution is -2.10. The van der Waals surface area contributed by atoms with Crippen LogP contribution in [0.4, 0.5) is 0 Å². The van der Waals surface area contributed by atoms with Crippen molar-refractivity contribution in [2.75, 3.05) is 0 Å². The highest BCUT2D eigenvalue weighted by Crippen LogP contribution is 2.32. The first-order valence-corrected chi connectivity index (χ1v) is 7.60. The maximum Gasteiger partial charge on any atom is 0.0644 e. The summed E-state index contributed by atoms with van der Waals surface area (Å²) in [6.45, 7) is 8.85. The van der Waals surface area contributed by atoms with Crippen molar-refractivity contribution in [3.63, 3.8) is 0 Å². The summed E-state index contributed by atoms with van der Waals surface area (Å²) in [6.07, 6.45) is 0. The molecule has 100 valence electrons. The highest BCUT2D eigenvalue weighted by atomic mass is 79.9. The molecule has 0 aliphatic rings. The van der Waals surface area contributed by atoms with E-state index in [9.17, 15) is 0 Å². The molecule has 1 heteroatoms. The molecule has 0 aliphatic heterocycles. The molecule has 19 heavy (non-hydrogen) atoms. The molecule has 0 fully saturated rings. The molecule has 1 atom stereocenters. The first-order valence-electron chi connectivity index (χ1n) is 6.69. The van der Waals surface area contributed by atoms with Crippen molar-refractivity contribution in [1.82, 2.24) is 0 Å². The number of halogens is 1. The van der Waals surface area contributed by atoms with Gasteiger partial charge in [0.25, 0.3) is 0 Å². The van der Waals surface area contributed by atoms with E-state index in [1.807, 2.05) is 0 Å². The van der Waals surface area contributed by atoms with E-state index >= 15 is 0 Å². The lowest BCUT2D eigenvalue weighted by atomic mass is 9.86. The zero-order valence-corrected chi connectivity index (χ0v) is 13.7. The Labute approximate surface area is 125 Å². The third-order valence-electron chi connectivity index (χ3n) is 3.44. The first-order chi connectivity index (χ1) is 8.88. The van der Waals surface area contributed by atoms with Gasteiger partial charge in [0.05, 0.1) is 4.83 Å². The Balaban J connectivity index is 2.25. The molecule has 0 aromatic heterocycles. The fourth-order valence-electron chi connectivity index (χ4n) is 2.08. The minimum atomic E-state index is 0.212. The molecule has 0 radical (unpaired) electrons. The Hall–Kier alpha value is -1.08. The molecule has 0 spiro atoms. The van der Waals surface area contributed by atoms with Crippen molar-refractivity contribution >= 4 is 15.9 Å². The second-order valence-corrected chi connectivity index (χ2v) is 7.06. The van der Waals surface area contributed by atoms with Gasteiger partial charge in [-0.05, 0) is 29.0 Å². The van der Waals surface area contributed by atoms with Crippen LogP contribution in [-0.2, 0) is 5.41 Å². The van der Waals surface area contributed by atoms with Gasteiger partial charge in [0.1, 0.15) is 0 Å². The zero-order valence-electron chi connectivity index (χ0n) is 12.1. The molecule has 0 saturated heterocycles. The van der Waals surface area contributed by atoms with Gasteiger partial charge in [0, 0.05) is 0 Å². The van der Waals surface area contributed by atoms with Crippen LogP contribution in [0.1, 0.15) is 47.9 Å². The zero-order chi connectivity index (χ0) is 14.0. The Morgan fingerprint density at radius 1 is 0.789 bits per heavy atom. The number of rotatable bonds is 2. The molecule has 0 nitrogen and oxygen atoms in total. The van der Waals surface area contributed by atoms with Gasteiger partial charge in [-0.3, -0.25) is 0 Å². The molecule has 0 aliphatic carbocycles. The number of hydrogen-bond acceptors (Lipinski definition) is 0. The molecular formula is C18H21Br. The number of aryl methyl sites for hydroxylation is 1. The molecule has 2 aromatic rings. The van der Waals surface area contributed by atoms with Gasteiger partial charge in [-0.25, -0.2) is 0 Å². The van der Waals surface area contributed by atoms with E-state index < -0.39 is 0 Å². The fraction of sp³-hybridized carbons (Fsp3) is 0.333. The van der Waals surface area contributed by atoms with Gasteiger partial charge in [0.2, 0.25) is 0 Å². The normalized spacial score (nSPS) is 13.3. The van der Waals surface area contributed by atoms with E-state index in [2.05, 4.69) is 92.2 Å². The van der Waals surface area contributed by atoms with Crippen molar-refractivity contribution in [3.05, 3.63) is 70.8 Å². The summed E-state index contributed by atoms with van der Waals surface area (Å²) in [4.78, 5) is 0.266. The van der Waals surface area contributed by atoms with Crippen LogP contribution < -0.4 is 0 Å². The summed E-state index contributed by atoms with van der Waals surface area (Å²) >= 11 is 3.79. The van der Waals surface area contributed by atoms with Gasteiger partial charge in [-0.1, -0.05) is 90.8 Å². The van der Waals surface area contributed by atoms with Gasteiger partial charge in [-0.15, -0.1) is 0 Å². The topological polar surface area (TPSA) is 0 Å². The second kappa shape index (κ2) is 5.50. The molecule has 0 heterocycles. The van der Waals surface area contributed by atoms with Gasteiger partial charge in [0.15, 0.2) is 0 Å². The maximum atomic E-state index is 3.79. The van der Waals surface area contributed by atoms with Crippen molar-refractivity contribution in [3.8, 4) is 0 Å². The quantitative estimate of drug-likeness (QED) is 0.616. The summed E-state index contributed by atoms with van der Waals surface area (Å²) in [5.41, 5.74) is 5.49. The SMILES string of the molecule is Cc1ccc(C(Br)c2ccc(C(C)(C)C)cc2)cc1. The largest absolute Gasteiger partial charge is 0.0786 e. The van der Waals surface area contributed by atoms with Crippen molar-refractivity contribution in [1.29, 1.82) is 0 Å². The molecular weight excluding hydrogens is 296 g/mol. The van der Waals surface area contributed by atoms with Crippen LogP contribution in [-0.4, -0.2) is 0 Å². The Kier molecular flexibility index (Phi) is 4.15. The number of benzene rings is 2. The first kappa shape index (κ1) is 14.3. The van der Waals surface area contributed by atoms with Crippen molar-refractivity contribution < 1.29 is 0 Å². The third-order valence-corrected chi connectivity index (χ3v) is 4.50. The lowest BCUT2D eigenvalue weighted by Gasteiger charge is -2.20. The van der Waals surface area contributed by atoms with Crippen LogP contribution in [0, 0.1) is 6.92 Å². The van der Waals surface area contributed by atoms with Crippen LogP contribution in [0.2, 0.25) is 0 Å². The van der Waals surface area contributed by atoms with E-state index in [4.69, 9.17) is 0 Å². The van der Waals surface area contributed by atoms with E-state index in [0.717, 1.165) is 0 Å². The average molecular weight is 317 g/mol. The molecule has 2 aromatic carbocycles. The molecule has 1 unspecified atom stereocenters. The molecule has 0 N–H and O–H groups in total. The minimum absolute atomic E-state index is 0.212. The molecule has 0 saturated carbocycles. The maximum absolute atomic E-state index is 3.79. The van der Waals surface area contributed by atoms with Crippen LogP contribution in [0.25, 0.3) is 0 Å². The highest BCUT2D eigenvalue weighted by molar-refractivity contribution is 9.09. The Bertz CT molecular complexity index is 529. The lowest BCUT2D eigenvalue weighted by molar-refractivity contribution is 0.590.